The molecule has 0 aliphatic rings. The Balaban J connectivity index is 3.63. The Morgan fingerprint density at radius 3 is 2.89 bits per heavy atom. The van der Waals surface area contributed by atoms with Crippen LogP contribution in [0.4, 0.5) is 0 Å². The van der Waals surface area contributed by atoms with Gasteiger partial charge in [-0.05, 0) is 6.92 Å². The quantitative estimate of drug-likeness (QED) is 0.474. The molecule has 3 nitrogen and oxygen atoms in total. The van der Waals surface area contributed by atoms with Gasteiger partial charge in [-0.3, -0.25) is 4.57 Å². The average Bonchev–Trinajstić information content (AvgIpc) is 1.87. The molecule has 0 amide bonds. The lowest BCUT2D eigenvalue weighted by Gasteiger charge is -1.98. The largest absolute Gasteiger partial charge is 0.329 e. The first-order valence-electron chi connectivity index (χ1n) is 2.42. The highest BCUT2D eigenvalue weighted by Crippen LogP contribution is 2.31. The van der Waals surface area contributed by atoms with E-state index in [0.717, 1.165) is 0 Å². The van der Waals surface area contributed by atoms with Crippen molar-refractivity contribution < 1.29 is 9.09 Å². The van der Waals surface area contributed by atoms with E-state index in [2.05, 4.69) is 4.52 Å². The zero-order valence-corrected chi connectivity index (χ0v) is 6.68. The SMILES string of the molecule is CCO[PH](=O)C(Cl)C#N. The van der Waals surface area contributed by atoms with Crippen LogP contribution in [0, 0.1) is 11.3 Å². The van der Waals surface area contributed by atoms with Crippen molar-refractivity contribution in [3.63, 3.8) is 0 Å². The summed E-state index contributed by atoms with van der Waals surface area (Å²) in [7, 11) is -2.31. The monoisotopic (exact) mass is 167 g/mol. The fourth-order valence-corrected chi connectivity index (χ4v) is 0.993. The number of halogens is 1. The molecule has 9 heavy (non-hydrogen) atoms. The van der Waals surface area contributed by atoms with Gasteiger partial charge in [-0.15, -0.1) is 0 Å². The van der Waals surface area contributed by atoms with E-state index in [4.69, 9.17) is 16.9 Å². The zero-order valence-electron chi connectivity index (χ0n) is 4.93. The van der Waals surface area contributed by atoms with E-state index in [9.17, 15) is 4.57 Å². The van der Waals surface area contributed by atoms with Crippen LogP contribution in [0.25, 0.3) is 0 Å². The molecular formula is C4H7ClNO2P. The molecule has 0 aliphatic heterocycles. The van der Waals surface area contributed by atoms with Crippen molar-refractivity contribution in [3.05, 3.63) is 0 Å². The Labute approximate surface area is 59.4 Å². The van der Waals surface area contributed by atoms with E-state index < -0.39 is 13.1 Å². The lowest BCUT2D eigenvalue weighted by atomic mass is 10.9. The first-order chi connectivity index (χ1) is 4.22. The van der Waals surface area contributed by atoms with Crippen LogP contribution in [0.1, 0.15) is 6.92 Å². The zero-order chi connectivity index (χ0) is 7.28. The van der Waals surface area contributed by atoms with Crippen molar-refractivity contribution in [2.45, 2.75) is 12.0 Å². The Morgan fingerprint density at radius 1 is 2.00 bits per heavy atom. The summed E-state index contributed by atoms with van der Waals surface area (Å²) >= 11 is 5.24. The minimum Gasteiger partial charge on any atom is -0.329 e. The highest BCUT2D eigenvalue weighted by Gasteiger charge is 2.10. The highest BCUT2D eigenvalue weighted by atomic mass is 35.5. The standard InChI is InChI=1S/C4H7ClNO2P/c1-2-8-9(7)4(5)3-6/h4,9H,2H2,1H3. The third-order valence-electron chi connectivity index (χ3n) is 0.607. The molecule has 2 atom stereocenters. The molecule has 0 heterocycles. The summed E-state index contributed by atoms with van der Waals surface area (Å²) in [6, 6.07) is 1.62. The van der Waals surface area contributed by atoms with Gasteiger partial charge in [-0.25, -0.2) is 0 Å². The Bertz CT molecular complexity index is 144. The third-order valence-corrected chi connectivity index (χ3v) is 2.36. The van der Waals surface area contributed by atoms with Crippen molar-refractivity contribution in [2.75, 3.05) is 6.61 Å². The van der Waals surface area contributed by atoms with Crippen LogP contribution in [-0.2, 0) is 9.09 Å². The third kappa shape index (κ3) is 3.53. The smallest absolute Gasteiger partial charge is 0.223 e. The van der Waals surface area contributed by atoms with Gasteiger partial charge in [0.2, 0.25) is 8.03 Å². The number of hydrogen-bond acceptors (Lipinski definition) is 3. The topological polar surface area (TPSA) is 50.1 Å². The molecule has 0 aromatic carbocycles. The van der Waals surface area contributed by atoms with Gasteiger partial charge in [0.1, 0.15) is 0 Å². The molecule has 0 radical (unpaired) electrons. The predicted molar refractivity (Wildman–Crippen MR) is 35.9 cm³/mol. The van der Waals surface area contributed by atoms with Gasteiger partial charge in [0, 0.05) is 0 Å². The van der Waals surface area contributed by atoms with Gasteiger partial charge in [-0.1, -0.05) is 11.6 Å². The van der Waals surface area contributed by atoms with Gasteiger partial charge in [-0.2, -0.15) is 5.26 Å². The molecule has 0 saturated carbocycles. The molecule has 2 unspecified atom stereocenters. The van der Waals surface area contributed by atoms with E-state index in [1.165, 1.54) is 0 Å². The number of nitrogens with zero attached hydrogens (tertiary/aromatic N) is 1. The van der Waals surface area contributed by atoms with Crippen LogP contribution >= 0.6 is 19.6 Å². The fraction of sp³-hybridized carbons (Fsp3) is 0.750. The van der Waals surface area contributed by atoms with E-state index in [-0.39, 0.29) is 0 Å². The van der Waals surface area contributed by atoms with E-state index >= 15 is 0 Å². The van der Waals surface area contributed by atoms with Crippen LogP contribution < -0.4 is 0 Å². The molecule has 0 fully saturated rings. The number of alkyl halides is 1. The number of rotatable bonds is 3. The summed E-state index contributed by atoms with van der Waals surface area (Å²) < 4.78 is 15.2. The lowest BCUT2D eigenvalue weighted by Crippen LogP contribution is -1.88. The fourth-order valence-electron chi connectivity index (χ4n) is 0.268. The summed E-state index contributed by atoms with van der Waals surface area (Å²) in [5.41, 5.74) is 0. The lowest BCUT2D eigenvalue weighted by molar-refractivity contribution is 0.351. The number of nitriles is 1. The van der Waals surface area contributed by atoms with Crippen molar-refractivity contribution in [3.8, 4) is 6.07 Å². The summed E-state index contributed by atoms with van der Waals surface area (Å²) in [5.74, 6) is 0. The molecule has 0 saturated heterocycles. The summed E-state index contributed by atoms with van der Waals surface area (Å²) in [6.07, 6.45) is 0. The number of hydrogen-bond donors (Lipinski definition) is 0. The maximum atomic E-state index is 10.6. The van der Waals surface area contributed by atoms with E-state index in [0.29, 0.717) is 6.61 Å². The second kappa shape index (κ2) is 4.81. The molecule has 0 rings (SSSR count). The Hall–Kier alpha value is -0.0300. The highest BCUT2D eigenvalue weighted by molar-refractivity contribution is 7.42. The van der Waals surface area contributed by atoms with Crippen LogP contribution in [0.3, 0.4) is 0 Å². The van der Waals surface area contributed by atoms with Gasteiger partial charge in [0.15, 0.2) is 5.12 Å². The van der Waals surface area contributed by atoms with Crippen LogP contribution in [0.15, 0.2) is 0 Å². The minimum absolute atomic E-state index is 0.336. The van der Waals surface area contributed by atoms with Gasteiger partial charge in [0.25, 0.3) is 0 Å². The Morgan fingerprint density at radius 2 is 2.56 bits per heavy atom. The van der Waals surface area contributed by atoms with Crippen LogP contribution in [-0.4, -0.2) is 11.7 Å². The maximum Gasteiger partial charge on any atom is 0.223 e. The molecule has 0 aromatic heterocycles. The second-order valence-corrected chi connectivity index (χ2v) is 3.55. The predicted octanol–water partition coefficient (Wildman–Crippen LogP) is 1.59. The first-order valence-corrected chi connectivity index (χ1v) is 4.25. The molecular weight excluding hydrogens is 160 g/mol. The molecule has 5 heteroatoms. The molecule has 0 bridgehead atoms. The first kappa shape index (κ1) is 8.97. The second-order valence-electron chi connectivity index (χ2n) is 1.24. The molecule has 52 valence electrons. The van der Waals surface area contributed by atoms with Crippen LogP contribution in [0.5, 0.6) is 0 Å². The van der Waals surface area contributed by atoms with E-state index in [1.54, 1.807) is 13.0 Å². The van der Waals surface area contributed by atoms with Crippen molar-refractivity contribution in [1.29, 1.82) is 5.26 Å². The van der Waals surface area contributed by atoms with Crippen molar-refractivity contribution in [2.24, 2.45) is 0 Å². The summed E-state index contributed by atoms with van der Waals surface area (Å²) in [5, 5.41) is 7.12. The Kier molecular flexibility index (Phi) is 4.80. The van der Waals surface area contributed by atoms with Crippen molar-refractivity contribution in [1.82, 2.24) is 0 Å². The van der Waals surface area contributed by atoms with Gasteiger partial charge >= 0.3 is 0 Å². The maximum absolute atomic E-state index is 10.6. The average molecular weight is 168 g/mol. The minimum atomic E-state index is -2.31. The molecule has 0 aliphatic carbocycles. The van der Waals surface area contributed by atoms with Crippen molar-refractivity contribution >= 4 is 19.6 Å². The van der Waals surface area contributed by atoms with Gasteiger partial charge in [0.05, 0.1) is 12.7 Å². The van der Waals surface area contributed by atoms with Gasteiger partial charge < -0.3 is 4.52 Å². The molecule has 0 aromatic rings. The van der Waals surface area contributed by atoms with Crippen LogP contribution in [0.2, 0.25) is 0 Å². The molecule has 0 N–H and O–H groups in total. The normalized spacial score (nSPS) is 16.1. The summed E-state index contributed by atoms with van der Waals surface area (Å²) in [4.78, 5) is 0. The summed E-state index contributed by atoms with van der Waals surface area (Å²) in [6.45, 7) is 2.03. The van der Waals surface area contributed by atoms with E-state index in [1.807, 2.05) is 0 Å². The molecule has 0 spiro atoms.